The van der Waals surface area contributed by atoms with E-state index in [1.807, 2.05) is 12.1 Å². The fourth-order valence-electron chi connectivity index (χ4n) is 2.34. The molecule has 0 bridgehead atoms. The normalized spacial score (nSPS) is 15.8. The van der Waals surface area contributed by atoms with Crippen LogP contribution < -0.4 is 15.8 Å². The van der Waals surface area contributed by atoms with E-state index in [1.54, 1.807) is 12.1 Å². The summed E-state index contributed by atoms with van der Waals surface area (Å²) < 4.78 is 5.39. The molecule has 0 aliphatic carbocycles. The average Bonchev–Trinajstić information content (AvgIpc) is 2.47. The first-order valence-electron chi connectivity index (χ1n) is 7.22. The van der Waals surface area contributed by atoms with E-state index in [-0.39, 0.29) is 12.5 Å². The van der Waals surface area contributed by atoms with E-state index < -0.39 is 0 Å². The highest BCUT2D eigenvalue weighted by atomic mass is 16.5. The molecule has 1 aromatic carbocycles. The number of piperidine rings is 1. The number of para-hydroxylation sites is 2. The summed E-state index contributed by atoms with van der Waals surface area (Å²) in [5, 5.41) is 2.87. The molecular weight excluding hydrogens is 254 g/mol. The SMILES string of the molecule is Nc1ccccc1OCC(=O)NCCN1CCCCC1. The second-order valence-electron chi connectivity index (χ2n) is 5.08. The molecule has 5 nitrogen and oxygen atoms in total. The van der Waals surface area contributed by atoms with Gasteiger partial charge in [0.25, 0.3) is 5.91 Å². The first kappa shape index (κ1) is 14.7. The summed E-state index contributed by atoms with van der Waals surface area (Å²) in [6.07, 6.45) is 3.86. The smallest absolute Gasteiger partial charge is 0.257 e. The number of hydrogen-bond donors (Lipinski definition) is 2. The first-order chi connectivity index (χ1) is 9.75. The molecule has 1 aliphatic heterocycles. The van der Waals surface area contributed by atoms with E-state index in [0.29, 0.717) is 18.0 Å². The Hall–Kier alpha value is -1.75. The van der Waals surface area contributed by atoms with Crippen LogP contribution in [0.1, 0.15) is 19.3 Å². The van der Waals surface area contributed by atoms with E-state index in [4.69, 9.17) is 10.5 Å². The molecule has 2 rings (SSSR count). The second-order valence-corrected chi connectivity index (χ2v) is 5.08. The molecule has 0 spiro atoms. The molecule has 0 saturated carbocycles. The standard InChI is InChI=1S/C15H23N3O2/c16-13-6-2-3-7-14(13)20-12-15(19)17-8-11-18-9-4-1-5-10-18/h2-3,6-7H,1,4-5,8-12,16H2,(H,17,19). The largest absolute Gasteiger partial charge is 0.482 e. The number of hydrogen-bond acceptors (Lipinski definition) is 4. The molecule has 1 fully saturated rings. The van der Waals surface area contributed by atoms with Gasteiger partial charge in [0.2, 0.25) is 0 Å². The first-order valence-corrected chi connectivity index (χ1v) is 7.22. The van der Waals surface area contributed by atoms with Gasteiger partial charge in [-0.1, -0.05) is 18.6 Å². The molecule has 0 radical (unpaired) electrons. The lowest BCUT2D eigenvalue weighted by Crippen LogP contribution is -2.39. The van der Waals surface area contributed by atoms with Gasteiger partial charge in [-0.05, 0) is 38.1 Å². The van der Waals surface area contributed by atoms with Crippen molar-refractivity contribution in [2.75, 3.05) is 38.5 Å². The molecule has 1 heterocycles. The van der Waals surface area contributed by atoms with Crippen molar-refractivity contribution in [2.45, 2.75) is 19.3 Å². The van der Waals surface area contributed by atoms with Crippen LogP contribution in [-0.4, -0.2) is 43.6 Å². The summed E-state index contributed by atoms with van der Waals surface area (Å²) >= 11 is 0. The minimum absolute atomic E-state index is 0.00815. The molecule has 5 heteroatoms. The number of carbonyl (C=O) groups excluding carboxylic acids is 1. The van der Waals surface area contributed by atoms with Gasteiger partial charge >= 0.3 is 0 Å². The number of ether oxygens (including phenoxy) is 1. The third-order valence-electron chi connectivity index (χ3n) is 3.48. The molecule has 20 heavy (non-hydrogen) atoms. The maximum atomic E-state index is 11.7. The van der Waals surface area contributed by atoms with Gasteiger partial charge in [0.15, 0.2) is 6.61 Å². The third-order valence-corrected chi connectivity index (χ3v) is 3.48. The predicted molar refractivity (Wildman–Crippen MR) is 79.7 cm³/mol. The van der Waals surface area contributed by atoms with Gasteiger partial charge in [-0.15, -0.1) is 0 Å². The zero-order valence-electron chi connectivity index (χ0n) is 11.8. The second kappa shape index (κ2) is 7.75. The summed E-state index contributed by atoms with van der Waals surface area (Å²) in [4.78, 5) is 14.1. The Morgan fingerprint density at radius 2 is 2.00 bits per heavy atom. The zero-order valence-corrected chi connectivity index (χ0v) is 11.8. The van der Waals surface area contributed by atoms with Crippen LogP contribution in [0, 0.1) is 0 Å². The van der Waals surface area contributed by atoms with E-state index >= 15 is 0 Å². The molecule has 1 amide bonds. The van der Waals surface area contributed by atoms with E-state index in [2.05, 4.69) is 10.2 Å². The van der Waals surface area contributed by atoms with Gasteiger partial charge < -0.3 is 20.7 Å². The number of rotatable bonds is 6. The van der Waals surface area contributed by atoms with E-state index in [0.717, 1.165) is 19.6 Å². The number of nitrogen functional groups attached to an aromatic ring is 1. The Labute approximate surface area is 120 Å². The topological polar surface area (TPSA) is 67.6 Å². The Morgan fingerprint density at radius 3 is 2.75 bits per heavy atom. The molecule has 110 valence electrons. The van der Waals surface area contributed by atoms with Crippen molar-refractivity contribution >= 4 is 11.6 Å². The Balaban J connectivity index is 1.62. The fourth-order valence-corrected chi connectivity index (χ4v) is 2.34. The number of nitrogens with one attached hydrogen (secondary N) is 1. The Kier molecular flexibility index (Phi) is 5.68. The van der Waals surface area contributed by atoms with Gasteiger partial charge in [-0.2, -0.15) is 0 Å². The Bertz CT molecular complexity index is 431. The molecule has 1 aromatic rings. The van der Waals surface area contributed by atoms with Crippen molar-refractivity contribution < 1.29 is 9.53 Å². The lowest BCUT2D eigenvalue weighted by molar-refractivity contribution is -0.123. The van der Waals surface area contributed by atoms with E-state index in [1.165, 1.54) is 19.3 Å². The van der Waals surface area contributed by atoms with Crippen molar-refractivity contribution in [3.05, 3.63) is 24.3 Å². The molecule has 0 unspecified atom stereocenters. The average molecular weight is 277 g/mol. The summed E-state index contributed by atoms with van der Waals surface area (Å²) in [5.74, 6) is 0.448. The van der Waals surface area contributed by atoms with Crippen LogP contribution in [0.5, 0.6) is 5.75 Å². The van der Waals surface area contributed by atoms with Crippen LogP contribution in [0.2, 0.25) is 0 Å². The molecule has 0 atom stereocenters. The third kappa shape index (κ3) is 4.74. The Morgan fingerprint density at radius 1 is 1.25 bits per heavy atom. The van der Waals surface area contributed by atoms with Gasteiger partial charge in [0.05, 0.1) is 5.69 Å². The molecule has 1 saturated heterocycles. The van der Waals surface area contributed by atoms with Gasteiger partial charge in [-0.3, -0.25) is 4.79 Å². The lowest BCUT2D eigenvalue weighted by atomic mass is 10.1. The number of nitrogens with zero attached hydrogens (tertiary/aromatic N) is 1. The highest BCUT2D eigenvalue weighted by molar-refractivity contribution is 5.77. The fraction of sp³-hybridized carbons (Fsp3) is 0.533. The van der Waals surface area contributed by atoms with Gasteiger partial charge in [-0.25, -0.2) is 0 Å². The summed E-state index contributed by atoms with van der Waals surface area (Å²) in [6.45, 7) is 3.89. The van der Waals surface area contributed by atoms with Crippen molar-refractivity contribution in [1.29, 1.82) is 0 Å². The quantitative estimate of drug-likeness (QED) is 0.768. The van der Waals surface area contributed by atoms with Crippen molar-refractivity contribution in [1.82, 2.24) is 10.2 Å². The zero-order chi connectivity index (χ0) is 14.2. The molecule has 3 N–H and O–H groups in total. The van der Waals surface area contributed by atoms with E-state index in [9.17, 15) is 4.79 Å². The van der Waals surface area contributed by atoms with Crippen molar-refractivity contribution in [3.63, 3.8) is 0 Å². The maximum Gasteiger partial charge on any atom is 0.257 e. The maximum absolute atomic E-state index is 11.7. The summed E-state index contributed by atoms with van der Waals surface area (Å²) in [7, 11) is 0. The number of nitrogens with two attached hydrogens (primary N) is 1. The highest BCUT2D eigenvalue weighted by Gasteiger charge is 2.10. The lowest BCUT2D eigenvalue weighted by Gasteiger charge is -2.26. The number of benzene rings is 1. The monoisotopic (exact) mass is 277 g/mol. The minimum atomic E-state index is -0.106. The van der Waals surface area contributed by atoms with Crippen molar-refractivity contribution in [3.8, 4) is 5.75 Å². The molecule has 1 aliphatic rings. The van der Waals surface area contributed by atoms with Gasteiger partial charge in [0.1, 0.15) is 5.75 Å². The van der Waals surface area contributed by atoms with Crippen LogP contribution in [-0.2, 0) is 4.79 Å². The summed E-state index contributed by atoms with van der Waals surface area (Å²) in [6, 6.07) is 7.18. The van der Waals surface area contributed by atoms with Crippen LogP contribution in [0.3, 0.4) is 0 Å². The minimum Gasteiger partial charge on any atom is -0.482 e. The predicted octanol–water partition coefficient (Wildman–Crippen LogP) is 1.25. The van der Waals surface area contributed by atoms with Crippen LogP contribution in [0.15, 0.2) is 24.3 Å². The number of likely N-dealkylation sites (tertiary alicyclic amines) is 1. The number of amides is 1. The summed E-state index contributed by atoms with van der Waals surface area (Å²) in [5.41, 5.74) is 6.29. The number of anilines is 1. The van der Waals surface area contributed by atoms with Gasteiger partial charge in [0, 0.05) is 13.1 Å². The van der Waals surface area contributed by atoms with Crippen molar-refractivity contribution in [2.24, 2.45) is 0 Å². The van der Waals surface area contributed by atoms with Crippen LogP contribution in [0.4, 0.5) is 5.69 Å². The van der Waals surface area contributed by atoms with Crippen LogP contribution >= 0.6 is 0 Å². The number of carbonyl (C=O) groups is 1. The molecular formula is C15H23N3O2. The van der Waals surface area contributed by atoms with Crippen LogP contribution in [0.25, 0.3) is 0 Å². The highest BCUT2D eigenvalue weighted by Crippen LogP contribution is 2.19. The molecule has 0 aromatic heterocycles.